The summed E-state index contributed by atoms with van der Waals surface area (Å²) in [5, 5.41) is 0.787. The van der Waals surface area contributed by atoms with E-state index in [1.54, 1.807) is 0 Å². The van der Waals surface area contributed by atoms with Crippen LogP contribution in [-0.4, -0.2) is 24.5 Å². The zero-order valence-electron chi connectivity index (χ0n) is 10.2. The summed E-state index contributed by atoms with van der Waals surface area (Å²) in [5.74, 6) is 0. The van der Waals surface area contributed by atoms with Crippen molar-refractivity contribution < 1.29 is 0 Å². The van der Waals surface area contributed by atoms with Crippen molar-refractivity contribution in [3.05, 3.63) is 34.9 Å². The number of rotatable bonds is 3. The van der Waals surface area contributed by atoms with Crippen LogP contribution in [0.15, 0.2) is 24.3 Å². The van der Waals surface area contributed by atoms with Crippen LogP contribution >= 0.6 is 11.6 Å². The van der Waals surface area contributed by atoms with Gasteiger partial charge in [-0.15, -0.1) is 0 Å². The first-order chi connectivity index (χ1) is 8.27. The molecule has 94 valence electrons. The standard InChI is InChI=1S/C14H21ClN2/c15-13-8-4-3-7-12(13)14(16)11-17-9-5-1-2-6-10-17/h3-4,7-8,14H,1-2,5-6,9-11,16H2. The molecule has 0 spiro atoms. The van der Waals surface area contributed by atoms with Crippen LogP contribution in [0.5, 0.6) is 0 Å². The van der Waals surface area contributed by atoms with E-state index < -0.39 is 0 Å². The maximum Gasteiger partial charge on any atom is 0.0454 e. The molecule has 1 atom stereocenters. The highest BCUT2D eigenvalue weighted by molar-refractivity contribution is 6.31. The summed E-state index contributed by atoms with van der Waals surface area (Å²) >= 11 is 6.17. The van der Waals surface area contributed by atoms with Gasteiger partial charge in [-0.3, -0.25) is 0 Å². The van der Waals surface area contributed by atoms with Gasteiger partial charge in [0.05, 0.1) is 0 Å². The molecule has 17 heavy (non-hydrogen) atoms. The van der Waals surface area contributed by atoms with Gasteiger partial charge in [0.2, 0.25) is 0 Å². The third kappa shape index (κ3) is 3.70. The largest absolute Gasteiger partial charge is 0.323 e. The lowest BCUT2D eigenvalue weighted by atomic mass is 10.1. The van der Waals surface area contributed by atoms with Crippen LogP contribution < -0.4 is 5.73 Å². The fourth-order valence-electron chi connectivity index (χ4n) is 2.47. The molecule has 1 saturated heterocycles. The maximum atomic E-state index is 6.25. The highest BCUT2D eigenvalue weighted by Gasteiger charge is 2.15. The smallest absolute Gasteiger partial charge is 0.0454 e. The van der Waals surface area contributed by atoms with E-state index in [1.807, 2.05) is 24.3 Å². The Bertz CT molecular complexity index is 346. The molecule has 1 aliphatic rings. The first kappa shape index (κ1) is 12.9. The third-order valence-corrected chi connectivity index (χ3v) is 3.80. The molecule has 0 saturated carbocycles. The number of halogens is 1. The van der Waals surface area contributed by atoms with Gasteiger partial charge in [-0.2, -0.15) is 0 Å². The first-order valence-corrected chi connectivity index (χ1v) is 6.87. The third-order valence-electron chi connectivity index (χ3n) is 3.46. The van der Waals surface area contributed by atoms with Crippen molar-refractivity contribution in [3.63, 3.8) is 0 Å². The Kier molecular flexibility index (Phi) is 4.84. The topological polar surface area (TPSA) is 29.3 Å². The second-order valence-corrected chi connectivity index (χ2v) is 5.25. The van der Waals surface area contributed by atoms with Gasteiger partial charge in [-0.05, 0) is 37.6 Å². The Morgan fingerprint density at radius 1 is 1.12 bits per heavy atom. The van der Waals surface area contributed by atoms with Crippen molar-refractivity contribution in [1.82, 2.24) is 4.90 Å². The fraction of sp³-hybridized carbons (Fsp3) is 0.571. The van der Waals surface area contributed by atoms with Gasteiger partial charge in [0.15, 0.2) is 0 Å². The molecular weight excluding hydrogens is 232 g/mol. The molecule has 1 aromatic carbocycles. The molecule has 0 radical (unpaired) electrons. The average molecular weight is 253 g/mol. The Hall–Kier alpha value is -0.570. The number of benzene rings is 1. The van der Waals surface area contributed by atoms with Gasteiger partial charge in [0.25, 0.3) is 0 Å². The van der Waals surface area contributed by atoms with E-state index in [4.69, 9.17) is 17.3 Å². The summed E-state index contributed by atoms with van der Waals surface area (Å²) < 4.78 is 0. The van der Waals surface area contributed by atoms with Crippen molar-refractivity contribution in [1.29, 1.82) is 0 Å². The summed E-state index contributed by atoms with van der Waals surface area (Å²) in [7, 11) is 0. The summed E-state index contributed by atoms with van der Waals surface area (Å²) in [6, 6.07) is 7.93. The van der Waals surface area contributed by atoms with Crippen LogP contribution in [0.2, 0.25) is 5.02 Å². The average Bonchev–Trinajstić information content (AvgIpc) is 2.58. The lowest BCUT2D eigenvalue weighted by Crippen LogP contribution is -2.33. The molecule has 0 aromatic heterocycles. The van der Waals surface area contributed by atoms with E-state index in [9.17, 15) is 0 Å². The fourth-order valence-corrected chi connectivity index (χ4v) is 2.75. The zero-order chi connectivity index (χ0) is 12.1. The molecule has 2 N–H and O–H groups in total. The van der Waals surface area contributed by atoms with Gasteiger partial charge >= 0.3 is 0 Å². The molecule has 1 fully saturated rings. The normalized spacial score (nSPS) is 19.9. The molecular formula is C14H21ClN2. The summed E-state index contributed by atoms with van der Waals surface area (Å²) in [5.41, 5.74) is 7.32. The van der Waals surface area contributed by atoms with Crippen molar-refractivity contribution >= 4 is 11.6 Å². The maximum absolute atomic E-state index is 6.25. The summed E-state index contributed by atoms with van der Waals surface area (Å²) in [4.78, 5) is 2.47. The molecule has 1 unspecified atom stereocenters. The Balaban J connectivity index is 1.96. The van der Waals surface area contributed by atoms with E-state index >= 15 is 0 Å². The minimum atomic E-state index is 0.0294. The Morgan fingerprint density at radius 3 is 2.41 bits per heavy atom. The van der Waals surface area contributed by atoms with E-state index in [0.29, 0.717) is 0 Å². The Morgan fingerprint density at radius 2 is 1.76 bits per heavy atom. The second-order valence-electron chi connectivity index (χ2n) is 4.84. The predicted molar refractivity (Wildman–Crippen MR) is 73.3 cm³/mol. The van der Waals surface area contributed by atoms with E-state index in [2.05, 4.69) is 4.90 Å². The van der Waals surface area contributed by atoms with Crippen LogP contribution in [0.1, 0.15) is 37.3 Å². The molecule has 0 bridgehead atoms. The monoisotopic (exact) mass is 252 g/mol. The van der Waals surface area contributed by atoms with Gasteiger partial charge < -0.3 is 10.6 Å². The number of likely N-dealkylation sites (tertiary alicyclic amines) is 1. The number of nitrogens with two attached hydrogens (primary N) is 1. The minimum absolute atomic E-state index is 0.0294. The molecule has 1 aromatic rings. The van der Waals surface area contributed by atoms with Crippen molar-refractivity contribution in [2.24, 2.45) is 5.73 Å². The summed E-state index contributed by atoms with van der Waals surface area (Å²) in [6.45, 7) is 3.28. The highest BCUT2D eigenvalue weighted by Crippen LogP contribution is 2.22. The van der Waals surface area contributed by atoms with Gasteiger partial charge in [0, 0.05) is 17.6 Å². The molecule has 0 amide bonds. The number of nitrogens with zero attached hydrogens (tertiary/aromatic N) is 1. The van der Waals surface area contributed by atoms with Gasteiger partial charge in [0.1, 0.15) is 0 Å². The van der Waals surface area contributed by atoms with Crippen LogP contribution in [0.4, 0.5) is 0 Å². The van der Waals surface area contributed by atoms with E-state index in [-0.39, 0.29) is 6.04 Å². The van der Waals surface area contributed by atoms with Crippen LogP contribution in [-0.2, 0) is 0 Å². The van der Waals surface area contributed by atoms with Gasteiger partial charge in [-0.25, -0.2) is 0 Å². The summed E-state index contributed by atoms with van der Waals surface area (Å²) in [6.07, 6.45) is 5.32. The minimum Gasteiger partial charge on any atom is -0.323 e. The van der Waals surface area contributed by atoms with Crippen LogP contribution in [0, 0.1) is 0 Å². The Labute approximate surface area is 109 Å². The van der Waals surface area contributed by atoms with Crippen LogP contribution in [0.25, 0.3) is 0 Å². The quantitative estimate of drug-likeness (QED) is 0.895. The highest BCUT2D eigenvalue weighted by atomic mass is 35.5. The van der Waals surface area contributed by atoms with E-state index in [0.717, 1.165) is 17.1 Å². The van der Waals surface area contributed by atoms with Crippen LogP contribution in [0.3, 0.4) is 0 Å². The molecule has 2 rings (SSSR count). The number of hydrogen-bond donors (Lipinski definition) is 1. The second kappa shape index (κ2) is 6.39. The van der Waals surface area contributed by atoms with Gasteiger partial charge in [-0.1, -0.05) is 42.6 Å². The molecule has 1 heterocycles. The van der Waals surface area contributed by atoms with Crippen molar-refractivity contribution in [3.8, 4) is 0 Å². The number of hydrogen-bond acceptors (Lipinski definition) is 2. The SMILES string of the molecule is NC(CN1CCCCCC1)c1ccccc1Cl. The molecule has 1 aliphatic heterocycles. The lowest BCUT2D eigenvalue weighted by molar-refractivity contribution is 0.268. The molecule has 2 nitrogen and oxygen atoms in total. The van der Waals surface area contributed by atoms with Crippen molar-refractivity contribution in [2.75, 3.05) is 19.6 Å². The van der Waals surface area contributed by atoms with E-state index in [1.165, 1.54) is 38.8 Å². The predicted octanol–water partition coefficient (Wildman–Crippen LogP) is 3.22. The van der Waals surface area contributed by atoms with Crippen molar-refractivity contribution in [2.45, 2.75) is 31.7 Å². The lowest BCUT2D eigenvalue weighted by Gasteiger charge is -2.24. The molecule has 3 heteroatoms. The first-order valence-electron chi connectivity index (χ1n) is 6.50. The zero-order valence-corrected chi connectivity index (χ0v) is 11.0. The molecule has 0 aliphatic carbocycles.